The van der Waals surface area contributed by atoms with Crippen LogP contribution in [0.2, 0.25) is 0 Å². The highest BCUT2D eigenvalue weighted by Gasteiger charge is 2.22. The summed E-state index contributed by atoms with van der Waals surface area (Å²) < 4.78 is 0. The fourth-order valence-electron chi connectivity index (χ4n) is 0.932. The molecule has 0 radical (unpaired) electrons. The lowest BCUT2D eigenvalue weighted by atomic mass is 9.99. The summed E-state index contributed by atoms with van der Waals surface area (Å²) in [5, 5.41) is 15.2. The molecule has 0 saturated carbocycles. The van der Waals surface area contributed by atoms with Crippen molar-refractivity contribution >= 4 is 5.91 Å². The predicted molar refractivity (Wildman–Crippen MR) is 57.1 cm³/mol. The summed E-state index contributed by atoms with van der Waals surface area (Å²) >= 11 is 0. The molecule has 3 N–H and O–H groups in total. The maximum Gasteiger partial charge on any atom is 0.219 e. The first kappa shape index (κ1) is 13.4. The summed E-state index contributed by atoms with van der Waals surface area (Å²) in [7, 11) is 1.63. The van der Waals surface area contributed by atoms with Gasteiger partial charge in [0.1, 0.15) is 0 Å². The fourth-order valence-corrected chi connectivity index (χ4v) is 0.932. The van der Waals surface area contributed by atoms with Crippen LogP contribution in [-0.2, 0) is 4.79 Å². The Hall–Kier alpha value is -0.610. The van der Waals surface area contributed by atoms with Crippen LogP contribution in [0.25, 0.3) is 0 Å². The standard InChI is InChI=1S/C10H22N2O2/c1-8(13)10(2,3)12-7-5-6-9(14)11-4/h8,12-13H,5-7H2,1-4H3,(H,11,14). The minimum atomic E-state index is -0.400. The summed E-state index contributed by atoms with van der Waals surface area (Å²) in [6, 6.07) is 0. The lowest BCUT2D eigenvalue weighted by molar-refractivity contribution is -0.120. The van der Waals surface area contributed by atoms with Crippen LogP contribution in [0.5, 0.6) is 0 Å². The normalized spacial score (nSPS) is 13.8. The van der Waals surface area contributed by atoms with E-state index in [1.165, 1.54) is 0 Å². The number of aliphatic hydroxyl groups is 1. The molecule has 0 aliphatic rings. The molecule has 0 bridgehead atoms. The van der Waals surface area contributed by atoms with E-state index in [2.05, 4.69) is 10.6 Å². The summed E-state index contributed by atoms with van der Waals surface area (Å²) in [6.07, 6.45) is 0.914. The Morgan fingerprint density at radius 1 is 1.50 bits per heavy atom. The summed E-state index contributed by atoms with van der Waals surface area (Å²) in [4.78, 5) is 10.9. The molecule has 0 rings (SSSR count). The zero-order chi connectivity index (χ0) is 11.2. The second-order valence-electron chi connectivity index (χ2n) is 4.10. The summed E-state index contributed by atoms with van der Waals surface area (Å²) in [5.74, 6) is 0.0571. The van der Waals surface area contributed by atoms with Crippen LogP contribution in [-0.4, -0.2) is 36.2 Å². The van der Waals surface area contributed by atoms with Gasteiger partial charge in [-0.1, -0.05) is 0 Å². The van der Waals surface area contributed by atoms with Crippen molar-refractivity contribution in [2.24, 2.45) is 0 Å². The Kier molecular flexibility index (Phi) is 5.72. The first-order valence-corrected chi connectivity index (χ1v) is 5.04. The van der Waals surface area contributed by atoms with Crippen molar-refractivity contribution in [2.45, 2.75) is 45.3 Å². The lowest BCUT2D eigenvalue weighted by Crippen LogP contribution is -2.48. The van der Waals surface area contributed by atoms with Crippen molar-refractivity contribution in [3.8, 4) is 0 Å². The molecule has 0 spiro atoms. The topological polar surface area (TPSA) is 61.4 Å². The third-order valence-electron chi connectivity index (χ3n) is 2.48. The largest absolute Gasteiger partial charge is 0.392 e. The molecule has 4 heteroatoms. The van der Waals surface area contributed by atoms with Crippen LogP contribution in [0.1, 0.15) is 33.6 Å². The molecule has 14 heavy (non-hydrogen) atoms. The van der Waals surface area contributed by atoms with Crippen molar-refractivity contribution in [1.82, 2.24) is 10.6 Å². The molecular formula is C10H22N2O2. The Labute approximate surface area is 86.1 Å². The van der Waals surface area contributed by atoms with E-state index in [0.29, 0.717) is 6.42 Å². The van der Waals surface area contributed by atoms with E-state index in [4.69, 9.17) is 0 Å². The smallest absolute Gasteiger partial charge is 0.219 e. The molecule has 84 valence electrons. The zero-order valence-electron chi connectivity index (χ0n) is 9.55. The summed E-state index contributed by atoms with van der Waals surface area (Å²) in [6.45, 7) is 6.38. The van der Waals surface area contributed by atoms with Gasteiger partial charge in [-0.25, -0.2) is 0 Å². The van der Waals surface area contributed by atoms with Crippen molar-refractivity contribution in [2.75, 3.05) is 13.6 Å². The van der Waals surface area contributed by atoms with Crippen molar-refractivity contribution in [3.05, 3.63) is 0 Å². The van der Waals surface area contributed by atoms with Crippen LogP contribution < -0.4 is 10.6 Å². The van der Waals surface area contributed by atoms with Gasteiger partial charge in [0.25, 0.3) is 0 Å². The SMILES string of the molecule is CNC(=O)CCCNC(C)(C)C(C)O. The van der Waals surface area contributed by atoms with E-state index in [1.807, 2.05) is 13.8 Å². The number of carbonyl (C=O) groups is 1. The quantitative estimate of drug-likeness (QED) is 0.541. The van der Waals surface area contributed by atoms with Crippen LogP contribution >= 0.6 is 0 Å². The number of rotatable bonds is 6. The van der Waals surface area contributed by atoms with E-state index in [-0.39, 0.29) is 11.4 Å². The van der Waals surface area contributed by atoms with Crippen LogP contribution in [0.4, 0.5) is 0 Å². The predicted octanol–water partition coefficient (Wildman–Crippen LogP) is 0.262. The molecule has 0 aliphatic carbocycles. The van der Waals surface area contributed by atoms with Crippen molar-refractivity contribution in [1.29, 1.82) is 0 Å². The van der Waals surface area contributed by atoms with E-state index in [9.17, 15) is 9.90 Å². The molecule has 0 aliphatic heterocycles. The number of hydrogen-bond donors (Lipinski definition) is 3. The lowest BCUT2D eigenvalue weighted by Gasteiger charge is -2.29. The molecule has 0 saturated heterocycles. The van der Waals surface area contributed by atoms with Gasteiger partial charge in [-0.05, 0) is 33.7 Å². The highest BCUT2D eigenvalue weighted by Crippen LogP contribution is 2.07. The average molecular weight is 202 g/mol. The van der Waals surface area contributed by atoms with Gasteiger partial charge < -0.3 is 15.7 Å². The highest BCUT2D eigenvalue weighted by molar-refractivity contribution is 5.75. The third kappa shape index (κ3) is 5.19. The Morgan fingerprint density at radius 2 is 2.07 bits per heavy atom. The molecule has 0 aromatic heterocycles. The van der Waals surface area contributed by atoms with Crippen LogP contribution in [0.15, 0.2) is 0 Å². The molecule has 1 unspecified atom stereocenters. The number of amides is 1. The van der Waals surface area contributed by atoms with Gasteiger partial charge in [0.15, 0.2) is 0 Å². The summed E-state index contributed by atoms with van der Waals surface area (Å²) in [5.41, 5.74) is -0.289. The molecule has 0 aromatic rings. The first-order valence-electron chi connectivity index (χ1n) is 5.04. The monoisotopic (exact) mass is 202 g/mol. The second kappa shape index (κ2) is 5.98. The van der Waals surface area contributed by atoms with E-state index in [1.54, 1.807) is 14.0 Å². The van der Waals surface area contributed by atoms with Crippen molar-refractivity contribution < 1.29 is 9.90 Å². The Bertz CT molecular complexity index is 179. The van der Waals surface area contributed by atoms with Gasteiger partial charge in [-0.3, -0.25) is 4.79 Å². The van der Waals surface area contributed by atoms with Crippen molar-refractivity contribution in [3.63, 3.8) is 0 Å². The first-order chi connectivity index (χ1) is 6.40. The van der Waals surface area contributed by atoms with E-state index >= 15 is 0 Å². The fraction of sp³-hybridized carbons (Fsp3) is 0.900. The number of hydrogen-bond acceptors (Lipinski definition) is 3. The molecule has 0 fully saturated rings. The zero-order valence-corrected chi connectivity index (χ0v) is 9.55. The number of carbonyl (C=O) groups excluding carboxylic acids is 1. The Balaban J connectivity index is 3.59. The molecule has 1 amide bonds. The van der Waals surface area contributed by atoms with Crippen LogP contribution in [0.3, 0.4) is 0 Å². The number of aliphatic hydroxyl groups excluding tert-OH is 1. The van der Waals surface area contributed by atoms with Gasteiger partial charge in [-0.15, -0.1) is 0 Å². The molecular weight excluding hydrogens is 180 g/mol. The molecule has 1 atom stereocenters. The Morgan fingerprint density at radius 3 is 2.50 bits per heavy atom. The second-order valence-corrected chi connectivity index (χ2v) is 4.10. The van der Waals surface area contributed by atoms with Gasteiger partial charge in [0, 0.05) is 19.0 Å². The highest BCUT2D eigenvalue weighted by atomic mass is 16.3. The van der Waals surface area contributed by atoms with Crippen LogP contribution in [0, 0.1) is 0 Å². The molecule has 4 nitrogen and oxygen atoms in total. The van der Waals surface area contributed by atoms with E-state index in [0.717, 1.165) is 13.0 Å². The maximum absolute atomic E-state index is 10.9. The minimum Gasteiger partial charge on any atom is -0.392 e. The number of nitrogens with one attached hydrogen (secondary N) is 2. The molecule has 0 aromatic carbocycles. The third-order valence-corrected chi connectivity index (χ3v) is 2.48. The average Bonchev–Trinajstić information content (AvgIpc) is 2.11. The minimum absolute atomic E-state index is 0.0571. The maximum atomic E-state index is 10.9. The van der Waals surface area contributed by atoms with Gasteiger partial charge >= 0.3 is 0 Å². The van der Waals surface area contributed by atoms with Gasteiger partial charge in [0.2, 0.25) is 5.91 Å². The molecule has 0 heterocycles. The van der Waals surface area contributed by atoms with E-state index < -0.39 is 6.10 Å². The van der Waals surface area contributed by atoms with Gasteiger partial charge in [-0.2, -0.15) is 0 Å². The van der Waals surface area contributed by atoms with Gasteiger partial charge in [0.05, 0.1) is 6.10 Å².